The number of rotatable bonds is 2. The second-order valence-electron chi connectivity index (χ2n) is 5.55. The third-order valence-corrected chi connectivity index (χ3v) is 4.54. The van der Waals surface area contributed by atoms with Gasteiger partial charge in [0.15, 0.2) is 0 Å². The Hall–Kier alpha value is -0.820. The van der Waals surface area contributed by atoms with Crippen LogP contribution in [0.15, 0.2) is 24.3 Å². The minimum Gasteiger partial charge on any atom is -0.317 e. The van der Waals surface area contributed by atoms with Gasteiger partial charge in [0.25, 0.3) is 0 Å². The van der Waals surface area contributed by atoms with Gasteiger partial charge in [-0.15, -0.1) is 0 Å². The summed E-state index contributed by atoms with van der Waals surface area (Å²) in [5.41, 5.74) is 3.55. The maximum Gasteiger partial charge on any atom is -0.00172 e. The van der Waals surface area contributed by atoms with Crippen molar-refractivity contribution >= 4 is 0 Å². The molecule has 2 aliphatic rings. The largest absolute Gasteiger partial charge is 0.317 e. The van der Waals surface area contributed by atoms with Gasteiger partial charge in [0, 0.05) is 0 Å². The Balaban J connectivity index is 1.84. The van der Waals surface area contributed by atoms with Crippen LogP contribution in [-0.2, 0) is 5.41 Å². The lowest BCUT2D eigenvalue weighted by Gasteiger charge is -2.31. The number of hydrogen-bond acceptors (Lipinski definition) is 1. The summed E-state index contributed by atoms with van der Waals surface area (Å²) in [5.74, 6) is 0.927. The van der Waals surface area contributed by atoms with E-state index in [1.807, 2.05) is 0 Å². The summed E-state index contributed by atoms with van der Waals surface area (Å²) in [5, 5.41) is 3.48. The summed E-state index contributed by atoms with van der Waals surface area (Å²) < 4.78 is 0. The van der Waals surface area contributed by atoms with Crippen LogP contribution in [0.3, 0.4) is 0 Å². The molecule has 0 unspecified atom stereocenters. The number of benzene rings is 1. The molecular formula is C15H21N. The molecule has 3 rings (SSSR count). The fourth-order valence-electron chi connectivity index (χ4n) is 3.33. The fraction of sp³-hybridized carbons (Fsp3) is 0.600. The molecule has 1 aromatic rings. The van der Waals surface area contributed by atoms with E-state index in [0.29, 0.717) is 5.41 Å². The summed E-state index contributed by atoms with van der Waals surface area (Å²) in [6.07, 6.45) is 5.57. The Morgan fingerprint density at radius 1 is 1.06 bits per heavy atom. The smallest absolute Gasteiger partial charge is 0.00172 e. The van der Waals surface area contributed by atoms with E-state index in [0.717, 1.165) is 5.92 Å². The van der Waals surface area contributed by atoms with Crippen LogP contribution in [0.1, 0.15) is 36.8 Å². The first-order valence-electron chi connectivity index (χ1n) is 6.59. The molecule has 1 aliphatic carbocycles. The van der Waals surface area contributed by atoms with Crippen LogP contribution in [0.5, 0.6) is 0 Å². The van der Waals surface area contributed by atoms with Crippen molar-refractivity contribution in [3.05, 3.63) is 35.4 Å². The molecule has 1 saturated heterocycles. The average molecular weight is 215 g/mol. The third-order valence-electron chi connectivity index (χ3n) is 4.54. The zero-order valence-electron chi connectivity index (χ0n) is 10.1. The average Bonchev–Trinajstić information content (AvgIpc) is 3.13. The van der Waals surface area contributed by atoms with Crippen LogP contribution < -0.4 is 5.32 Å². The van der Waals surface area contributed by atoms with Crippen molar-refractivity contribution in [2.45, 2.75) is 38.0 Å². The van der Waals surface area contributed by atoms with Gasteiger partial charge in [0.2, 0.25) is 0 Å². The Morgan fingerprint density at radius 3 is 2.25 bits per heavy atom. The van der Waals surface area contributed by atoms with E-state index in [9.17, 15) is 0 Å². The molecule has 0 spiro atoms. The highest BCUT2D eigenvalue weighted by atomic mass is 14.9. The van der Waals surface area contributed by atoms with Gasteiger partial charge in [0.05, 0.1) is 0 Å². The minimum atomic E-state index is 0.565. The van der Waals surface area contributed by atoms with Gasteiger partial charge < -0.3 is 5.32 Å². The molecule has 0 bridgehead atoms. The van der Waals surface area contributed by atoms with Crippen molar-refractivity contribution < 1.29 is 0 Å². The van der Waals surface area contributed by atoms with Gasteiger partial charge in [-0.1, -0.05) is 29.8 Å². The minimum absolute atomic E-state index is 0.565. The second kappa shape index (κ2) is 3.89. The number of nitrogens with one attached hydrogen (secondary N) is 1. The molecule has 1 aliphatic heterocycles. The normalized spacial score (nSPS) is 24.3. The van der Waals surface area contributed by atoms with Gasteiger partial charge in [-0.2, -0.15) is 0 Å². The summed E-state index contributed by atoms with van der Waals surface area (Å²) in [6, 6.07) is 9.28. The van der Waals surface area contributed by atoms with Gasteiger partial charge in [0.1, 0.15) is 0 Å². The second-order valence-corrected chi connectivity index (χ2v) is 5.55. The molecule has 1 nitrogen and oxygen atoms in total. The maximum atomic E-state index is 3.48. The summed E-state index contributed by atoms with van der Waals surface area (Å²) in [4.78, 5) is 0. The van der Waals surface area contributed by atoms with Crippen LogP contribution >= 0.6 is 0 Å². The van der Waals surface area contributed by atoms with Crippen LogP contribution in [0, 0.1) is 12.8 Å². The van der Waals surface area contributed by atoms with E-state index in [-0.39, 0.29) is 0 Å². The predicted octanol–water partition coefficient (Wildman–Crippen LogP) is 3.03. The third kappa shape index (κ3) is 1.67. The first-order chi connectivity index (χ1) is 7.81. The van der Waals surface area contributed by atoms with E-state index in [1.54, 1.807) is 5.56 Å². The Morgan fingerprint density at radius 2 is 1.69 bits per heavy atom. The van der Waals surface area contributed by atoms with Crippen molar-refractivity contribution in [3.8, 4) is 0 Å². The van der Waals surface area contributed by atoms with Gasteiger partial charge >= 0.3 is 0 Å². The zero-order chi connectivity index (χ0) is 11.0. The molecule has 86 valence electrons. The Labute approximate surface area is 98.3 Å². The fourth-order valence-corrected chi connectivity index (χ4v) is 3.33. The molecule has 1 heteroatoms. The van der Waals surface area contributed by atoms with Crippen molar-refractivity contribution in [1.82, 2.24) is 5.32 Å². The summed E-state index contributed by atoms with van der Waals surface area (Å²) >= 11 is 0. The van der Waals surface area contributed by atoms with E-state index in [4.69, 9.17) is 0 Å². The standard InChI is InChI=1S/C15H21N/c1-12-2-4-13(5-3-12)15(8-9-15)14-6-10-16-11-7-14/h2-5,14,16H,6-11H2,1H3. The lowest BCUT2D eigenvalue weighted by atomic mass is 9.77. The summed E-state index contributed by atoms with van der Waals surface area (Å²) in [7, 11) is 0. The van der Waals surface area contributed by atoms with Crippen molar-refractivity contribution in [2.24, 2.45) is 5.92 Å². The lowest BCUT2D eigenvalue weighted by molar-refractivity contribution is 0.303. The molecule has 2 fully saturated rings. The maximum absolute atomic E-state index is 3.48. The molecule has 1 heterocycles. The molecule has 1 aromatic carbocycles. The number of piperidine rings is 1. The number of aryl methyl sites for hydroxylation is 1. The van der Waals surface area contributed by atoms with Crippen molar-refractivity contribution in [2.75, 3.05) is 13.1 Å². The first kappa shape index (κ1) is 10.3. The molecular weight excluding hydrogens is 194 g/mol. The Kier molecular flexibility index (Phi) is 2.51. The van der Waals surface area contributed by atoms with Gasteiger partial charge in [-0.05, 0) is 62.6 Å². The molecule has 0 aromatic heterocycles. The quantitative estimate of drug-likeness (QED) is 0.799. The van der Waals surface area contributed by atoms with Crippen LogP contribution in [0.25, 0.3) is 0 Å². The molecule has 16 heavy (non-hydrogen) atoms. The first-order valence-corrected chi connectivity index (χ1v) is 6.59. The van der Waals surface area contributed by atoms with Crippen LogP contribution in [0.2, 0.25) is 0 Å². The highest BCUT2D eigenvalue weighted by Crippen LogP contribution is 2.56. The van der Waals surface area contributed by atoms with Gasteiger partial charge in [-0.25, -0.2) is 0 Å². The lowest BCUT2D eigenvalue weighted by Crippen LogP contribution is -2.34. The SMILES string of the molecule is Cc1ccc(C2(C3CCNCC3)CC2)cc1. The van der Waals surface area contributed by atoms with E-state index < -0.39 is 0 Å². The van der Waals surface area contributed by atoms with Gasteiger partial charge in [-0.3, -0.25) is 0 Å². The molecule has 0 atom stereocenters. The van der Waals surface area contributed by atoms with Crippen molar-refractivity contribution in [3.63, 3.8) is 0 Å². The van der Waals surface area contributed by atoms with E-state index in [1.165, 1.54) is 44.3 Å². The van der Waals surface area contributed by atoms with Crippen LogP contribution in [-0.4, -0.2) is 13.1 Å². The van der Waals surface area contributed by atoms with E-state index >= 15 is 0 Å². The molecule has 1 N–H and O–H groups in total. The predicted molar refractivity (Wildman–Crippen MR) is 67.7 cm³/mol. The monoisotopic (exact) mass is 215 g/mol. The topological polar surface area (TPSA) is 12.0 Å². The highest BCUT2D eigenvalue weighted by Gasteiger charge is 2.50. The molecule has 0 amide bonds. The van der Waals surface area contributed by atoms with Crippen LogP contribution in [0.4, 0.5) is 0 Å². The molecule has 1 saturated carbocycles. The Bertz CT molecular complexity index is 356. The number of hydrogen-bond donors (Lipinski definition) is 1. The molecule has 0 radical (unpaired) electrons. The summed E-state index contributed by atoms with van der Waals surface area (Å²) in [6.45, 7) is 4.62. The van der Waals surface area contributed by atoms with Crippen molar-refractivity contribution in [1.29, 1.82) is 0 Å². The zero-order valence-corrected chi connectivity index (χ0v) is 10.1. The van der Waals surface area contributed by atoms with E-state index in [2.05, 4.69) is 36.5 Å². The highest BCUT2D eigenvalue weighted by molar-refractivity contribution is 5.34.